The standard InChI is InChI=1S/C19H20N2O3S/c1-19(2,3)18-20-16-13-15(9-10-17(16)24-18)21-25(22,23)12-11-14-7-5-4-6-8-14/h4-13,21H,1-3H3. The van der Waals surface area contributed by atoms with Crippen molar-refractivity contribution in [2.45, 2.75) is 26.2 Å². The van der Waals surface area contributed by atoms with E-state index < -0.39 is 10.0 Å². The lowest BCUT2D eigenvalue weighted by Gasteiger charge is -2.11. The minimum atomic E-state index is -3.61. The Labute approximate surface area is 147 Å². The molecule has 1 aromatic heterocycles. The number of nitrogens with one attached hydrogen (secondary N) is 1. The number of oxazole rings is 1. The van der Waals surface area contributed by atoms with Crippen LogP contribution in [0.1, 0.15) is 32.2 Å². The molecule has 2 aromatic carbocycles. The normalized spacial score (nSPS) is 12.8. The molecule has 0 aliphatic heterocycles. The maximum absolute atomic E-state index is 12.2. The van der Waals surface area contributed by atoms with Crippen molar-refractivity contribution in [1.29, 1.82) is 0 Å². The number of sulfonamides is 1. The molecule has 0 saturated carbocycles. The molecular weight excluding hydrogens is 336 g/mol. The molecule has 130 valence electrons. The van der Waals surface area contributed by atoms with Crippen LogP contribution in [0, 0.1) is 0 Å². The van der Waals surface area contributed by atoms with E-state index in [4.69, 9.17) is 4.42 Å². The highest BCUT2D eigenvalue weighted by atomic mass is 32.2. The number of hydrogen-bond donors (Lipinski definition) is 1. The SMILES string of the molecule is CC(C)(C)c1nc2cc(NS(=O)(=O)C=Cc3ccccc3)ccc2o1. The van der Waals surface area contributed by atoms with Crippen LogP contribution in [-0.2, 0) is 15.4 Å². The van der Waals surface area contributed by atoms with Crippen molar-refractivity contribution in [3.63, 3.8) is 0 Å². The molecule has 25 heavy (non-hydrogen) atoms. The van der Waals surface area contributed by atoms with Crippen LogP contribution in [0.5, 0.6) is 0 Å². The molecule has 0 fully saturated rings. The van der Waals surface area contributed by atoms with E-state index in [-0.39, 0.29) is 5.41 Å². The van der Waals surface area contributed by atoms with Crippen molar-refractivity contribution in [3.8, 4) is 0 Å². The Morgan fingerprint density at radius 1 is 1.08 bits per heavy atom. The largest absolute Gasteiger partial charge is 0.440 e. The highest BCUT2D eigenvalue weighted by Crippen LogP contribution is 2.27. The topological polar surface area (TPSA) is 72.2 Å². The first-order valence-corrected chi connectivity index (χ1v) is 9.45. The Kier molecular flexibility index (Phi) is 4.39. The minimum absolute atomic E-state index is 0.211. The minimum Gasteiger partial charge on any atom is -0.440 e. The van der Waals surface area contributed by atoms with Gasteiger partial charge in [-0.15, -0.1) is 0 Å². The molecule has 1 N–H and O–H groups in total. The highest BCUT2D eigenvalue weighted by molar-refractivity contribution is 7.95. The first-order valence-electron chi connectivity index (χ1n) is 7.90. The zero-order chi connectivity index (χ0) is 18.1. The van der Waals surface area contributed by atoms with E-state index in [1.54, 1.807) is 24.3 Å². The van der Waals surface area contributed by atoms with Crippen LogP contribution < -0.4 is 4.72 Å². The van der Waals surface area contributed by atoms with Crippen molar-refractivity contribution >= 4 is 32.9 Å². The van der Waals surface area contributed by atoms with Crippen molar-refractivity contribution in [1.82, 2.24) is 4.98 Å². The summed E-state index contributed by atoms with van der Waals surface area (Å²) in [4.78, 5) is 4.45. The zero-order valence-electron chi connectivity index (χ0n) is 14.4. The summed E-state index contributed by atoms with van der Waals surface area (Å²) in [7, 11) is -3.61. The summed E-state index contributed by atoms with van der Waals surface area (Å²) in [5, 5.41) is 1.15. The van der Waals surface area contributed by atoms with Gasteiger partial charge in [0.05, 0.1) is 11.1 Å². The van der Waals surface area contributed by atoms with Gasteiger partial charge in [0.1, 0.15) is 5.52 Å². The summed E-state index contributed by atoms with van der Waals surface area (Å²) in [5.41, 5.74) is 2.30. The third-order valence-corrected chi connectivity index (χ3v) is 4.54. The maximum atomic E-state index is 12.2. The number of hydrogen-bond acceptors (Lipinski definition) is 4. The van der Waals surface area contributed by atoms with E-state index >= 15 is 0 Å². The smallest absolute Gasteiger partial charge is 0.255 e. The van der Waals surface area contributed by atoms with Crippen LogP contribution in [0.15, 0.2) is 58.4 Å². The van der Waals surface area contributed by atoms with Crippen LogP contribution in [0.25, 0.3) is 17.2 Å². The van der Waals surface area contributed by atoms with E-state index in [1.807, 2.05) is 51.1 Å². The molecule has 0 atom stereocenters. The molecule has 0 spiro atoms. The van der Waals surface area contributed by atoms with Gasteiger partial charge >= 0.3 is 0 Å². The van der Waals surface area contributed by atoms with Crippen LogP contribution in [0.2, 0.25) is 0 Å². The Morgan fingerprint density at radius 3 is 2.48 bits per heavy atom. The van der Waals surface area contributed by atoms with E-state index in [1.165, 1.54) is 0 Å². The summed E-state index contributed by atoms with van der Waals surface area (Å²) in [6, 6.07) is 14.3. The lowest BCUT2D eigenvalue weighted by molar-refractivity contribution is 0.411. The van der Waals surface area contributed by atoms with Crippen molar-refractivity contribution in [3.05, 3.63) is 65.4 Å². The van der Waals surface area contributed by atoms with Crippen LogP contribution in [-0.4, -0.2) is 13.4 Å². The van der Waals surface area contributed by atoms with Gasteiger partial charge in [0.15, 0.2) is 5.58 Å². The summed E-state index contributed by atoms with van der Waals surface area (Å²) in [5.74, 6) is 0.617. The van der Waals surface area contributed by atoms with E-state index in [9.17, 15) is 8.42 Å². The van der Waals surface area contributed by atoms with Gasteiger partial charge in [-0.3, -0.25) is 4.72 Å². The highest BCUT2D eigenvalue weighted by Gasteiger charge is 2.21. The van der Waals surface area contributed by atoms with Gasteiger partial charge < -0.3 is 4.42 Å². The Hall–Kier alpha value is -2.60. The van der Waals surface area contributed by atoms with Gasteiger partial charge in [-0.2, -0.15) is 0 Å². The van der Waals surface area contributed by atoms with Crippen molar-refractivity contribution in [2.24, 2.45) is 0 Å². The molecule has 0 aliphatic rings. The average Bonchev–Trinajstić information content (AvgIpc) is 2.97. The molecule has 0 bridgehead atoms. The number of anilines is 1. The lowest BCUT2D eigenvalue weighted by Crippen LogP contribution is -2.11. The van der Waals surface area contributed by atoms with Gasteiger partial charge in [0.2, 0.25) is 5.89 Å². The molecule has 1 heterocycles. The summed E-state index contributed by atoms with van der Waals surface area (Å²) >= 11 is 0. The summed E-state index contributed by atoms with van der Waals surface area (Å²) in [6.45, 7) is 6.03. The van der Waals surface area contributed by atoms with Crippen molar-refractivity contribution in [2.75, 3.05) is 4.72 Å². The van der Waals surface area contributed by atoms with Gasteiger partial charge in [-0.1, -0.05) is 51.1 Å². The fraction of sp³-hybridized carbons (Fsp3) is 0.211. The monoisotopic (exact) mass is 356 g/mol. The van der Waals surface area contributed by atoms with Crippen molar-refractivity contribution < 1.29 is 12.8 Å². The Morgan fingerprint density at radius 2 is 1.80 bits per heavy atom. The predicted molar refractivity (Wildman–Crippen MR) is 101 cm³/mol. The molecule has 0 saturated heterocycles. The second-order valence-electron chi connectivity index (χ2n) is 6.81. The second-order valence-corrected chi connectivity index (χ2v) is 8.38. The third kappa shape index (κ3) is 4.28. The van der Waals surface area contributed by atoms with E-state index in [0.717, 1.165) is 11.0 Å². The van der Waals surface area contributed by atoms with E-state index in [2.05, 4.69) is 9.71 Å². The van der Waals surface area contributed by atoms with Crippen LogP contribution >= 0.6 is 0 Å². The van der Waals surface area contributed by atoms with Gasteiger partial charge in [-0.05, 0) is 29.8 Å². The van der Waals surface area contributed by atoms with Gasteiger partial charge in [0, 0.05) is 5.41 Å². The number of rotatable bonds is 4. The second kappa shape index (κ2) is 6.37. The zero-order valence-corrected chi connectivity index (χ0v) is 15.2. The first-order chi connectivity index (χ1) is 11.7. The number of aromatic nitrogens is 1. The number of fused-ring (bicyclic) bond motifs is 1. The predicted octanol–water partition coefficient (Wildman–Crippen LogP) is 4.54. The molecule has 0 amide bonds. The Balaban J connectivity index is 1.83. The van der Waals surface area contributed by atoms with Gasteiger partial charge in [0.25, 0.3) is 10.0 Å². The Bertz CT molecular complexity index is 1010. The molecule has 3 rings (SSSR count). The molecule has 0 radical (unpaired) electrons. The summed E-state index contributed by atoms with van der Waals surface area (Å²) in [6.07, 6.45) is 1.55. The average molecular weight is 356 g/mol. The summed E-state index contributed by atoms with van der Waals surface area (Å²) < 4.78 is 32.7. The maximum Gasteiger partial charge on any atom is 0.255 e. The number of benzene rings is 2. The molecule has 3 aromatic rings. The quantitative estimate of drug-likeness (QED) is 0.745. The molecule has 0 aliphatic carbocycles. The molecular formula is C19H20N2O3S. The van der Waals surface area contributed by atoms with Gasteiger partial charge in [-0.25, -0.2) is 13.4 Å². The third-order valence-electron chi connectivity index (χ3n) is 3.53. The fourth-order valence-electron chi connectivity index (χ4n) is 2.24. The molecule has 6 heteroatoms. The first kappa shape index (κ1) is 17.2. The lowest BCUT2D eigenvalue weighted by atomic mass is 9.97. The molecule has 0 unspecified atom stereocenters. The van der Waals surface area contributed by atoms with Crippen LogP contribution in [0.3, 0.4) is 0 Å². The van der Waals surface area contributed by atoms with E-state index in [0.29, 0.717) is 22.7 Å². The van der Waals surface area contributed by atoms with Crippen LogP contribution in [0.4, 0.5) is 5.69 Å². The fourth-order valence-corrected chi connectivity index (χ4v) is 3.10. The molecule has 5 nitrogen and oxygen atoms in total. The number of nitrogens with zero attached hydrogens (tertiary/aromatic N) is 1.